The molecule has 1 aliphatic heterocycles. The molecule has 0 aromatic heterocycles. The van der Waals surface area contributed by atoms with Crippen molar-refractivity contribution in [3.05, 3.63) is 0 Å². The molecule has 0 spiro atoms. The Hall–Kier alpha value is -0.860. The number of carbonyl (C=O) groups is 2. The van der Waals surface area contributed by atoms with Gasteiger partial charge in [0.15, 0.2) is 0 Å². The summed E-state index contributed by atoms with van der Waals surface area (Å²) in [5.41, 5.74) is 0.285. The molecule has 0 aromatic carbocycles. The van der Waals surface area contributed by atoms with Gasteiger partial charge < -0.3 is 4.90 Å². The van der Waals surface area contributed by atoms with Crippen LogP contribution in [0.3, 0.4) is 0 Å². The maximum absolute atomic E-state index is 12.0. The first-order valence-corrected chi connectivity index (χ1v) is 7.28. The number of rotatable bonds is 3. The standard InChI is InChI=1S/C15H25NO2/c1-15(2)8-6-14(18)16(11-9-15)10-7-12-4-3-5-13(12)17/h12H,3-11H2,1-2H3. The number of likely N-dealkylation sites (tertiary alicyclic amines) is 1. The highest BCUT2D eigenvalue weighted by molar-refractivity contribution is 5.83. The summed E-state index contributed by atoms with van der Waals surface area (Å²) in [5.74, 6) is 0.928. The summed E-state index contributed by atoms with van der Waals surface area (Å²) in [6, 6.07) is 0. The Bertz CT molecular complexity index is 335. The van der Waals surface area contributed by atoms with E-state index in [2.05, 4.69) is 13.8 Å². The minimum Gasteiger partial charge on any atom is -0.343 e. The molecule has 0 radical (unpaired) electrons. The lowest BCUT2D eigenvalue weighted by atomic mass is 9.85. The van der Waals surface area contributed by atoms with Gasteiger partial charge in [0.05, 0.1) is 0 Å². The van der Waals surface area contributed by atoms with E-state index < -0.39 is 0 Å². The predicted octanol–water partition coefficient (Wildman–Crippen LogP) is 2.78. The molecule has 2 aliphatic rings. The van der Waals surface area contributed by atoms with E-state index >= 15 is 0 Å². The van der Waals surface area contributed by atoms with Gasteiger partial charge in [0.25, 0.3) is 0 Å². The Balaban J connectivity index is 1.84. The fourth-order valence-electron chi connectivity index (χ4n) is 3.03. The Morgan fingerprint density at radius 3 is 2.67 bits per heavy atom. The molecule has 1 saturated heterocycles. The molecule has 102 valence electrons. The van der Waals surface area contributed by atoms with Gasteiger partial charge in [0, 0.05) is 31.8 Å². The van der Waals surface area contributed by atoms with E-state index in [9.17, 15) is 9.59 Å². The summed E-state index contributed by atoms with van der Waals surface area (Å²) in [6.07, 6.45) is 6.46. The van der Waals surface area contributed by atoms with Crippen LogP contribution in [-0.2, 0) is 9.59 Å². The molecule has 0 aromatic rings. The summed E-state index contributed by atoms with van der Waals surface area (Å²) in [7, 11) is 0. The highest BCUT2D eigenvalue weighted by atomic mass is 16.2. The van der Waals surface area contributed by atoms with Crippen LogP contribution in [0.4, 0.5) is 0 Å². The zero-order valence-corrected chi connectivity index (χ0v) is 11.7. The number of nitrogens with zero attached hydrogens (tertiary/aromatic N) is 1. The molecule has 1 unspecified atom stereocenters. The van der Waals surface area contributed by atoms with E-state index in [1.165, 1.54) is 0 Å². The number of hydrogen-bond donors (Lipinski definition) is 0. The van der Waals surface area contributed by atoms with Gasteiger partial charge in [-0.1, -0.05) is 13.8 Å². The topological polar surface area (TPSA) is 37.4 Å². The van der Waals surface area contributed by atoms with E-state index in [1.807, 2.05) is 4.90 Å². The van der Waals surface area contributed by atoms with Gasteiger partial charge in [-0.3, -0.25) is 9.59 Å². The maximum atomic E-state index is 12.0. The maximum Gasteiger partial charge on any atom is 0.222 e. The van der Waals surface area contributed by atoms with E-state index in [1.54, 1.807) is 0 Å². The molecule has 1 saturated carbocycles. The third kappa shape index (κ3) is 3.33. The average Bonchev–Trinajstić information content (AvgIpc) is 2.66. The minimum atomic E-state index is 0.231. The number of Topliss-reactive ketones (excluding diaryl/α,β-unsaturated/α-hetero) is 1. The second-order valence-electron chi connectivity index (χ2n) is 6.64. The van der Waals surface area contributed by atoms with Crippen LogP contribution in [0, 0.1) is 11.3 Å². The predicted molar refractivity (Wildman–Crippen MR) is 71.2 cm³/mol. The van der Waals surface area contributed by atoms with Crippen LogP contribution in [0.5, 0.6) is 0 Å². The number of hydrogen-bond acceptors (Lipinski definition) is 2. The molecule has 1 heterocycles. The van der Waals surface area contributed by atoms with E-state index in [0.717, 1.165) is 51.6 Å². The highest BCUT2D eigenvalue weighted by Gasteiger charge is 2.29. The summed E-state index contributed by atoms with van der Waals surface area (Å²) >= 11 is 0. The molecular weight excluding hydrogens is 226 g/mol. The van der Waals surface area contributed by atoms with E-state index in [-0.39, 0.29) is 17.2 Å². The second kappa shape index (κ2) is 5.41. The molecule has 0 N–H and O–H groups in total. The van der Waals surface area contributed by atoms with Crippen LogP contribution >= 0.6 is 0 Å². The van der Waals surface area contributed by atoms with Gasteiger partial charge in [-0.2, -0.15) is 0 Å². The lowest BCUT2D eigenvalue weighted by molar-refractivity contribution is -0.131. The normalized spacial score (nSPS) is 28.6. The lowest BCUT2D eigenvalue weighted by Crippen LogP contribution is -2.33. The third-order valence-electron chi connectivity index (χ3n) is 4.61. The molecule has 1 aliphatic carbocycles. The first kappa shape index (κ1) is 13.6. The first-order valence-electron chi connectivity index (χ1n) is 7.28. The van der Waals surface area contributed by atoms with Crippen molar-refractivity contribution in [2.24, 2.45) is 11.3 Å². The quantitative estimate of drug-likeness (QED) is 0.773. The van der Waals surface area contributed by atoms with Crippen LogP contribution in [0.25, 0.3) is 0 Å². The van der Waals surface area contributed by atoms with Crippen molar-refractivity contribution in [3.8, 4) is 0 Å². The summed E-state index contributed by atoms with van der Waals surface area (Å²) in [4.78, 5) is 25.6. The van der Waals surface area contributed by atoms with Crippen molar-refractivity contribution in [1.82, 2.24) is 4.90 Å². The van der Waals surface area contributed by atoms with E-state index in [0.29, 0.717) is 12.2 Å². The van der Waals surface area contributed by atoms with Gasteiger partial charge in [-0.05, 0) is 37.5 Å². The third-order valence-corrected chi connectivity index (χ3v) is 4.61. The molecule has 2 fully saturated rings. The molecule has 3 heteroatoms. The monoisotopic (exact) mass is 251 g/mol. The second-order valence-corrected chi connectivity index (χ2v) is 6.64. The molecule has 18 heavy (non-hydrogen) atoms. The Morgan fingerprint density at radius 2 is 2.00 bits per heavy atom. The van der Waals surface area contributed by atoms with Crippen LogP contribution in [0.1, 0.15) is 58.8 Å². The largest absolute Gasteiger partial charge is 0.343 e. The van der Waals surface area contributed by atoms with Crippen LogP contribution < -0.4 is 0 Å². The van der Waals surface area contributed by atoms with Crippen molar-refractivity contribution in [2.75, 3.05) is 13.1 Å². The van der Waals surface area contributed by atoms with Crippen LogP contribution in [0.15, 0.2) is 0 Å². The summed E-state index contributed by atoms with van der Waals surface area (Å²) < 4.78 is 0. The van der Waals surface area contributed by atoms with Gasteiger partial charge in [-0.25, -0.2) is 0 Å². The molecule has 1 atom stereocenters. The van der Waals surface area contributed by atoms with Crippen molar-refractivity contribution < 1.29 is 9.59 Å². The Labute approximate surface area is 110 Å². The fraction of sp³-hybridized carbons (Fsp3) is 0.867. The number of amides is 1. The molecule has 3 nitrogen and oxygen atoms in total. The minimum absolute atomic E-state index is 0.231. The fourth-order valence-corrected chi connectivity index (χ4v) is 3.03. The highest BCUT2D eigenvalue weighted by Crippen LogP contribution is 2.31. The van der Waals surface area contributed by atoms with Crippen molar-refractivity contribution >= 4 is 11.7 Å². The molecular formula is C15H25NO2. The molecule has 0 bridgehead atoms. The zero-order valence-electron chi connectivity index (χ0n) is 11.7. The van der Waals surface area contributed by atoms with Crippen molar-refractivity contribution in [1.29, 1.82) is 0 Å². The van der Waals surface area contributed by atoms with Crippen LogP contribution in [-0.4, -0.2) is 29.7 Å². The van der Waals surface area contributed by atoms with Crippen LogP contribution in [0.2, 0.25) is 0 Å². The van der Waals surface area contributed by atoms with Gasteiger partial charge >= 0.3 is 0 Å². The SMILES string of the molecule is CC1(C)CCC(=O)N(CCC2CCCC2=O)CC1. The number of carbonyl (C=O) groups excluding carboxylic acids is 2. The molecule has 2 rings (SSSR count). The van der Waals surface area contributed by atoms with Gasteiger partial charge in [0.2, 0.25) is 5.91 Å². The summed E-state index contributed by atoms with van der Waals surface area (Å²) in [5, 5.41) is 0. The van der Waals surface area contributed by atoms with Crippen molar-refractivity contribution in [3.63, 3.8) is 0 Å². The van der Waals surface area contributed by atoms with Gasteiger partial charge in [-0.15, -0.1) is 0 Å². The van der Waals surface area contributed by atoms with Crippen molar-refractivity contribution in [2.45, 2.75) is 58.8 Å². The van der Waals surface area contributed by atoms with Gasteiger partial charge in [0.1, 0.15) is 5.78 Å². The zero-order chi connectivity index (χ0) is 13.2. The number of ketones is 1. The lowest BCUT2D eigenvalue weighted by Gasteiger charge is -2.24. The first-order chi connectivity index (χ1) is 8.48. The Morgan fingerprint density at radius 1 is 1.22 bits per heavy atom. The van der Waals surface area contributed by atoms with E-state index in [4.69, 9.17) is 0 Å². The average molecular weight is 251 g/mol. The summed E-state index contributed by atoms with van der Waals surface area (Å²) in [6.45, 7) is 6.13. The molecule has 1 amide bonds. The Kier molecular flexibility index (Phi) is 4.08. The smallest absolute Gasteiger partial charge is 0.222 e.